The molecule has 0 saturated carbocycles. The zero-order chi connectivity index (χ0) is 19.9. The van der Waals surface area contributed by atoms with E-state index in [-0.39, 0.29) is 0 Å². The van der Waals surface area contributed by atoms with E-state index in [0.29, 0.717) is 18.7 Å². The van der Waals surface area contributed by atoms with Crippen molar-refractivity contribution in [3.8, 4) is 17.2 Å². The highest BCUT2D eigenvalue weighted by Gasteiger charge is 2.19. The van der Waals surface area contributed by atoms with Gasteiger partial charge in [0.05, 0.1) is 19.9 Å². The summed E-state index contributed by atoms with van der Waals surface area (Å²) < 4.78 is 12.0. The molecule has 3 aromatic rings. The summed E-state index contributed by atoms with van der Waals surface area (Å²) in [6.45, 7) is 0.375. The third-order valence-corrected chi connectivity index (χ3v) is 4.40. The first-order valence-electron chi connectivity index (χ1n) is 8.89. The van der Waals surface area contributed by atoms with E-state index >= 15 is 0 Å². The Kier molecular flexibility index (Phi) is 6.11. The molecule has 0 aliphatic rings. The van der Waals surface area contributed by atoms with Crippen LogP contribution in [0.3, 0.4) is 0 Å². The Hall–Kier alpha value is -3.54. The average molecular weight is 378 g/mol. The van der Waals surface area contributed by atoms with Gasteiger partial charge >= 0.3 is 0 Å². The van der Waals surface area contributed by atoms with Crippen LogP contribution in [0.15, 0.2) is 66.9 Å². The van der Waals surface area contributed by atoms with Crippen LogP contribution in [0.5, 0.6) is 11.5 Å². The molecule has 0 fully saturated rings. The monoisotopic (exact) mass is 378 g/mol. The second-order valence-corrected chi connectivity index (χ2v) is 6.14. The molecule has 2 aromatic carbocycles. The quantitative estimate of drug-likeness (QED) is 0.483. The first kappa shape index (κ1) is 19.2. The molecule has 0 atom stereocenters. The second kappa shape index (κ2) is 8.90. The molecule has 1 N–H and O–H groups in total. The van der Waals surface area contributed by atoms with E-state index in [1.54, 1.807) is 49.2 Å². The number of benzene rings is 2. The molecular weight excluding hydrogens is 356 g/mol. The SMILES string of the molecule is COc1ccc(CCNC(=O)C(=O)c2cccn2-c2ccc(OC)cc2)cc1. The maximum Gasteiger partial charge on any atom is 0.294 e. The molecule has 0 unspecified atom stereocenters. The predicted octanol–water partition coefficient (Wildman–Crippen LogP) is 3.04. The Morgan fingerprint density at radius 2 is 1.50 bits per heavy atom. The van der Waals surface area contributed by atoms with Crippen molar-refractivity contribution < 1.29 is 19.1 Å². The van der Waals surface area contributed by atoms with E-state index in [1.807, 2.05) is 36.4 Å². The van der Waals surface area contributed by atoms with E-state index in [4.69, 9.17) is 9.47 Å². The van der Waals surface area contributed by atoms with Crippen LogP contribution < -0.4 is 14.8 Å². The Balaban J connectivity index is 1.61. The van der Waals surface area contributed by atoms with Crippen LogP contribution in [-0.4, -0.2) is 37.0 Å². The molecule has 0 aliphatic carbocycles. The van der Waals surface area contributed by atoms with Crippen LogP contribution in [0, 0.1) is 0 Å². The number of nitrogens with one attached hydrogen (secondary N) is 1. The Bertz CT molecular complexity index is 943. The van der Waals surface area contributed by atoms with E-state index < -0.39 is 11.7 Å². The van der Waals surface area contributed by atoms with Gasteiger partial charge < -0.3 is 19.4 Å². The van der Waals surface area contributed by atoms with Gasteiger partial charge in [-0.3, -0.25) is 9.59 Å². The molecule has 3 rings (SSSR count). The first-order valence-corrected chi connectivity index (χ1v) is 8.89. The third-order valence-electron chi connectivity index (χ3n) is 4.40. The second-order valence-electron chi connectivity index (χ2n) is 6.14. The Labute approximate surface area is 163 Å². The van der Waals surface area contributed by atoms with Crippen molar-refractivity contribution >= 4 is 11.7 Å². The fraction of sp³-hybridized carbons (Fsp3) is 0.182. The summed E-state index contributed by atoms with van der Waals surface area (Å²) in [6, 6.07) is 18.2. The zero-order valence-electron chi connectivity index (χ0n) is 15.8. The molecule has 28 heavy (non-hydrogen) atoms. The molecule has 6 nitrogen and oxygen atoms in total. The Morgan fingerprint density at radius 3 is 2.11 bits per heavy atom. The standard InChI is InChI=1S/C22H22N2O4/c1-27-18-9-5-16(6-10-18)13-14-23-22(26)21(25)20-4-3-15-24(20)17-7-11-19(28-2)12-8-17/h3-12,15H,13-14H2,1-2H3,(H,23,26). The summed E-state index contributed by atoms with van der Waals surface area (Å²) in [5.74, 6) is 0.305. The molecule has 0 bridgehead atoms. The molecule has 144 valence electrons. The number of ether oxygens (including phenoxy) is 2. The van der Waals surface area contributed by atoms with Crippen LogP contribution >= 0.6 is 0 Å². The summed E-state index contributed by atoms with van der Waals surface area (Å²) in [5, 5.41) is 2.69. The number of carbonyl (C=O) groups is 2. The van der Waals surface area contributed by atoms with E-state index in [9.17, 15) is 9.59 Å². The highest BCUT2D eigenvalue weighted by molar-refractivity contribution is 6.42. The number of hydrogen-bond acceptors (Lipinski definition) is 4. The number of aromatic nitrogens is 1. The van der Waals surface area contributed by atoms with Gasteiger partial charge in [-0.2, -0.15) is 0 Å². The zero-order valence-corrected chi connectivity index (χ0v) is 15.8. The largest absolute Gasteiger partial charge is 0.497 e. The number of hydrogen-bond donors (Lipinski definition) is 1. The van der Waals surface area contributed by atoms with Crippen LogP contribution in [0.2, 0.25) is 0 Å². The van der Waals surface area contributed by atoms with Crippen molar-refractivity contribution in [2.24, 2.45) is 0 Å². The van der Waals surface area contributed by atoms with Crippen molar-refractivity contribution in [3.05, 3.63) is 78.1 Å². The number of methoxy groups -OCH3 is 2. The van der Waals surface area contributed by atoms with Crippen LogP contribution in [-0.2, 0) is 11.2 Å². The van der Waals surface area contributed by atoms with Gasteiger partial charge in [0.25, 0.3) is 11.7 Å². The normalized spacial score (nSPS) is 10.4. The molecule has 0 saturated heterocycles. The third kappa shape index (κ3) is 4.40. The molecule has 0 radical (unpaired) electrons. The number of ketones is 1. The fourth-order valence-electron chi connectivity index (χ4n) is 2.84. The van der Waals surface area contributed by atoms with Gasteiger partial charge in [-0.05, 0) is 60.5 Å². The smallest absolute Gasteiger partial charge is 0.294 e. The predicted molar refractivity (Wildman–Crippen MR) is 106 cm³/mol. The lowest BCUT2D eigenvalue weighted by molar-refractivity contribution is -0.117. The summed E-state index contributed by atoms with van der Waals surface area (Å²) in [4.78, 5) is 24.9. The minimum Gasteiger partial charge on any atom is -0.497 e. The van der Waals surface area contributed by atoms with Crippen molar-refractivity contribution in [3.63, 3.8) is 0 Å². The number of nitrogens with zero attached hydrogens (tertiary/aromatic N) is 1. The highest BCUT2D eigenvalue weighted by Crippen LogP contribution is 2.18. The van der Waals surface area contributed by atoms with E-state index in [2.05, 4.69) is 5.32 Å². The van der Waals surface area contributed by atoms with Gasteiger partial charge in [-0.1, -0.05) is 12.1 Å². The topological polar surface area (TPSA) is 69.6 Å². The van der Waals surface area contributed by atoms with Gasteiger partial charge in [0.1, 0.15) is 11.5 Å². The van der Waals surface area contributed by atoms with Crippen molar-refractivity contribution in [2.75, 3.05) is 20.8 Å². The van der Waals surface area contributed by atoms with E-state index in [0.717, 1.165) is 22.7 Å². The Morgan fingerprint density at radius 1 is 0.893 bits per heavy atom. The summed E-state index contributed by atoms with van der Waals surface area (Å²) in [6.07, 6.45) is 2.38. The number of carbonyl (C=O) groups excluding carboxylic acids is 2. The molecular formula is C22H22N2O4. The van der Waals surface area contributed by atoms with Crippen molar-refractivity contribution in [2.45, 2.75) is 6.42 Å². The molecule has 1 aromatic heterocycles. The summed E-state index contributed by atoms with van der Waals surface area (Å²) >= 11 is 0. The molecule has 1 amide bonds. The molecule has 1 heterocycles. The van der Waals surface area contributed by atoms with Crippen LogP contribution in [0.4, 0.5) is 0 Å². The van der Waals surface area contributed by atoms with Crippen LogP contribution in [0.1, 0.15) is 16.1 Å². The fourth-order valence-corrected chi connectivity index (χ4v) is 2.84. The number of rotatable bonds is 8. The number of Topliss-reactive ketones (excluding diaryl/α,β-unsaturated/α-hetero) is 1. The molecule has 0 aliphatic heterocycles. The van der Waals surface area contributed by atoms with Gasteiger partial charge in [0, 0.05) is 18.4 Å². The lowest BCUT2D eigenvalue weighted by Gasteiger charge is -2.10. The van der Waals surface area contributed by atoms with Gasteiger partial charge in [-0.25, -0.2) is 0 Å². The molecule has 0 spiro atoms. The first-order chi connectivity index (χ1) is 13.6. The maximum absolute atomic E-state index is 12.6. The number of amides is 1. The lowest BCUT2D eigenvalue weighted by atomic mass is 10.1. The van der Waals surface area contributed by atoms with Gasteiger partial charge in [-0.15, -0.1) is 0 Å². The average Bonchev–Trinajstić information content (AvgIpc) is 3.23. The van der Waals surface area contributed by atoms with Crippen LogP contribution in [0.25, 0.3) is 5.69 Å². The van der Waals surface area contributed by atoms with Crippen molar-refractivity contribution in [1.29, 1.82) is 0 Å². The van der Waals surface area contributed by atoms with Gasteiger partial charge in [0.2, 0.25) is 0 Å². The summed E-state index contributed by atoms with van der Waals surface area (Å²) in [5.41, 5.74) is 2.14. The maximum atomic E-state index is 12.6. The minimum atomic E-state index is -0.623. The summed E-state index contributed by atoms with van der Waals surface area (Å²) in [7, 11) is 3.21. The van der Waals surface area contributed by atoms with E-state index in [1.165, 1.54) is 0 Å². The minimum absolute atomic E-state index is 0.312. The lowest BCUT2D eigenvalue weighted by Crippen LogP contribution is -2.33. The highest BCUT2D eigenvalue weighted by atomic mass is 16.5. The molecule has 6 heteroatoms. The van der Waals surface area contributed by atoms with Crippen molar-refractivity contribution in [1.82, 2.24) is 9.88 Å². The van der Waals surface area contributed by atoms with Gasteiger partial charge in [0.15, 0.2) is 0 Å².